The Kier molecular flexibility index (Phi) is 3.72. The van der Waals surface area contributed by atoms with Gasteiger partial charge in [-0.05, 0) is 18.2 Å². The summed E-state index contributed by atoms with van der Waals surface area (Å²) in [5, 5.41) is 0.714. The lowest BCUT2D eigenvalue weighted by Gasteiger charge is -2.14. The highest BCUT2D eigenvalue weighted by Crippen LogP contribution is 2.30. The van der Waals surface area contributed by atoms with E-state index in [2.05, 4.69) is 4.84 Å². The Hall–Kier alpha value is -1.63. The molecule has 0 aliphatic rings. The van der Waals surface area contributed by atoms with E-state index < -0.39 is 29.0 Å². The summed E-state index contributed by atoms with van der Waals surface area (Å²) >= 11 is 0. The zero-order valence-electron chi connectivity index (χ0n) is 9.01. The van der Waals surface area contributed by atoms with Crippen LogP contribution >= 0.6 is 0 Å². The molecule has 0 radical (unpaired) electrons. The summed E-state index contributed by atoms with van der Waals surface area (Å²) in [6.07, 6.45) is -4.64. The van der Waals surface area contributed by atoms with Crippen LogP contribution in [0.2, 0.25) is 0 Å². The molecule has 0 N–H and O–H groups in total. The zero-order valence-corrected chi connectivity index (χ0v) is 9.01. The van der Waals surface area contributed by atoms with Gasteiger partial charge in [0.05, 0.1) is 18.2 Å². The van der Waals surface area contributed by atoms with Crippen LogP contribution in [0, 0.1) is 5.82 Å². The van der Waals surface area contributed by atoms with E-state index in [-0.39, 0.29) is 6.07 Å². The van der Waals surface area contributed by atoms with Gasteiger partial charge < -0.3 is 0 Å². The van der Waals surface area contributed by atoms with E-state index >= 15 is 0 Å². The molecule has 1 rings (SSSR count). The molecule has 0 heterocycles. The van der Waals surface area contributed by atoms with Gasteiger partial charge in [0.2, 0.25) is 0 Å². The number of nitrogens with zero attached hydrogens (tertiary/aromatic N) is 1. The van der Waals surface area contributed by atoms with Crippen LogP contribution in [0.15, 0.2) is 18.2 Å². The van der Waals surface area contributed by atoms with Gasteiger partial charge in [-0.2, -0.15) is 13.2 Å². The predicted molar refractivity (Wildman–Crippen MR) is 50.5 cm³/mol. The smallest absolute Gasteiger partial charge is 0.274 e. The minimum absolute atomic E-state index is 0.275. The molecule has 0 atom stereocenters. The van der Waals surface area contributed by atoms with Gasteiger partial charge in [-0.15, -0.1) is 0 Å². The minimum Gasteiger partial charge on any atom is -0.274 e. The van der Waals surface area contributed by atoms with Gasteiger partial charge in [-0.3, -0.25) is 9.63 Å². The van der Waals surface area contributed by atoms with Crippen molar-refractivity contribution >= 4 is 5.91 Å². The molecule has 3 nitrogen and oxygen atoms in total. The van der Waals surface area contributed by atoms with Gasteiger partial charge in [0, 0.05) is 7.05 Å². The molecule has 0 aromatic heterocycles. The van der Waals surface area contributed by atoms with E-state index in [0.29, 0.717) is 11.1 Å². The Labute approximate surface area is 94.5 Å². The highest BCUT2D eigenvalue weighted by atomic mass is 19.4. The number of hydrogen-bond acceptors (Lipinski definition) is 2. The summed E-state index contributed by atoms with van der Waals surface area (Å²) in [6.45, 7) is 0. The fourth-order valence-corrected chi connectivity index (χ4v) is 1.12. The van der Waals surface area contributed by atoms with Crippen molar-refractivity contribution in [2.45, 2.75) is 6.18 Å². The monoisotopic (exact) mass is 251 g/mol. The lowest BCUT2D eigenvalue weighted by molar-refractivity contribution is -0.137. The summed E-state index contributed by atoms with van der Waals surface area (Å²) in [5.41, 5.74) is -1.63. The van der Waals surface area contributed by atoms with Crippen LogP contribution in [0.3, 0.4) is 0 Å². The number of alkyl halides is 3. The Bertz CT molecular complexity index is 431. The Morgan fingerprint density at radius 1 is 1.35 bits per heavy atom. The standard InChI is InChI=1S/C10H9F4NO2/c1-15(17-2)9(16)7-4-3-6(5-8(7)11)10(12,13)14/h3-5H,1-2H3. The molecule has 0 aliphatic heterocycles. The van der Waals surface area contributed by atoms with Crippen LogP contribution in [0.5, 0.6) is 0 Å². The first-order chi connectivity index (χ1) is 7.77. The Balaban J connectivity index is 3.11. The number of rotatable bonds is 2. The molecule has 94 valence electrons. The fourth-order valence-electron chi connectivity index (χ4n) is 1.12. The van der Waals surface area contributed by atoms with Crippen molar-refractivity contribution in [2.75, 3.05) is 14.2 Å². The van der Waals surface area contributed by atoms with Crippen LogP contribution in [0.25, 0.3) is 0 Å². The van der Waals surface area contributed by atoms with E-state index in [9.17, 15) is 22.4 Å². The van der Waals surface area contributed by atoms with Crippen LogP contribution in [-0.4, -0.2) is 25.1 Å². The maximum atomic E-state index is 13.3. The van der Waals surface area contributed by atoms with Gasteiger partial charge in [0.1, 0.15) is 5.82 Å². The molecule has 1 aromatic carbocycles. The fraction of sp³-hybridized carbons (Fsp3) is 0.300. The molecule has 0 unspecified atom stereocenters. The third-order valence-corrected chi connectivity index (χ3v) is 2.09. The summed E-state index contributed by atoms with van der Waals surface area (Å²) in [6, 6.07) is 1.69. The molecule has 0 aliphatic carbocycles. The number of benzene rings is 1. The second kappa shape index (κ2) is 4.70. The lowest BCUT2D eigenvalue weighted by Crippen LogP contribution is -2.26. The first kappa shape index (κ1) is 13.4. The number of carbonyl (C=O) groups excluding carboxylic acids is 1. The maximum absolute atomic E-state index is 13.3. The number of amides is 1. The van der Waals surface area contributed by atoms with E-state index in [4.69, 9.17) is 0 Å². The first-order valence-electron chi connectivity index (χ1n) is 4.46. The van der Waals surface area contributed by atoms with E-state index in [1.54, 1.807) is 0 Å². The second-order valence-corrected chi connectivity index (χ2v) is 3.18. The average Bonchev–Trinajstić information content (AvgIpc) is 2.25. The van der Waals surface area contributed by atoms with E-state index in [0.717, 1.165) is 6.07 Å². The van der Waals surface area contributed by atoms with Crippen LogP contribution in [0.4, 0.5) is 17.6 Å². The Morgan fingerprint density at radius 2 is 1.94 bits per heavy atom. The van der Waals surface area contributed by atoms with Crippen LogP contribution < -0.4 is 0 Å². The first-order valence-corrected chi connectivity index (χ1v) is 4.46. The number of hydrogen-bond donors (Lipinski definition) is 0. The summed E-state index contributed by atoms with van der Waals surface area (Å²) in [4.78, 5) is 16.0. The molecular weight excluding hydrogens is 242 g/mol. The Morgan fingerprint density at radius 3 is 2.35 bits per heavy atom. The molecular formula is C10H9F4NO2. The van der Waals surface area contributed by atoms with Crippen molar-refractivity contribution in [3.05, 3.63) is 35.1 Å². The number of hydroxylamine groups is 2. The molecule has 0 saturated heterocycles. The van der Waals surface area contributed by atoms with Gasteiger partial charge in [-0.1, -0.05) is 0 Å². The largest absolute Gasteiger partial charge is 0.416 e. The molecule has 17 heavy (non-hydrogen) atoms. The third kappa shape index (κ3) is 2.94. The molecule has 1 amide bonds. The van der Waals surface area contributed by atoms with Gasteiger partial charge in [-0.25, -0.2) is 9.45 Å². The van der Waals surface area contributed by atoms with Crippen LogP contribution in [-0.2, 0) is 11.0 Å². The van der Waals surface area contributed by atoms with Crippen molar-refractivity contribution in [3.8, 4) is 0 Å². The lowest BCUT2D eigenvalue weighted by atomic mass is 10.1. The summed E-state index contributed by atoms with van der Waals surface area (Å²) < 4.78 is 50.0. The zero-order chi connectivity index (χ0) is 13.2. The summed E-state index contributed by atoms with van der Waals surface area (Å²) in [5.74, 6) is -2.10. The van der Waals surface area contributed by atoms with Crippen molar-refractivity contribution in [1.82, 2.24) is 5.06 Å². The van der Waals surface area contributed by atoms with Crippen LogP contribution in [0.1, 0.15) is 15.9 Å². The highest BCUT2D eigenvalue weighted by molar-refractivity contribution is 5.93. The second-order valence-electron chi connectivity index (χ2n) is 3.18. The highest BCUT2D eigenvalue weighted by Gasteiger charge is 2.32. The number of halogens is 4. The van der Waals surface area contributed by atoms with Gasteiger partial charge in [0.15, 0.2) is 0 Å². The quantitative estimate of drug-likeness (QED) is 0.597. The van der Waals surface area contributed by atoms with Gasteiger partial charge in [0.25, 0.3) is 5.91 Å². The summed E-state index contributed by atoms with van der Waals surface area (Å²) in [7, 11) is 2.40. The minimum atomic E-state index is -4.64. The molecule has 1 aromatic rings. The van der Waals surface area contributed by atoms with E-state index in [1.807, 2.05) is 0 Å². The van der Waals surface area contributed by atoms with Crippen molar-refractivity contribution < 1.29 is 27.2 Å². The molecule has 0 bridgehead atoms. The van der Waals surface area contributed by atoms with Gasteiger partial charge >= 0.3 is 6.18 Å². The van der Waals surface area contributed by atoms with Crippen molar-refractivity contribution in [3.63, 3.8) is 0 Å². The average molecular weight is 251 g/mol. The van der Waals surface area contributed by atoms with Crippen molar-refractivity contribution in [1.29, 1.82) is 0 Å². The molecule has 0 saturated carbocycles. The van der Waals surface area contributed by atoms with E-state index in [1.165, 1.54) is 14.2 Å². The molecule has 7 heteroatoms. The predicted octanol–water partition coefficient (Wildman–Crippen LogP) is 2.48. The maximum Gasteiger partial charge on any atom is 0.416 e. The third-order valence-electron chi connectivity index (χ3n) is 2.09. The SMILES string of the molecule is CON(C)C(=O)c1ccc(C(F)(F)F)cc1F. The normalized spacial score (nSPS) is 11.4. The number of carbonyl (C=O) groups is 1. The molecule has 0 fully saturated rings. The molecule has 0 spiro atoms. The van der Waals surface area contributed by atoms with Crippen molar-refractivity contribution in [2.24, 2.45) is 0 Å². The topological polar surface area (TPSA) is 29.5 Å².